The van der Waals surface area contributed by atoms with E-state index in [0.717, 1.165) is 31.7 Å². The summed E-state index contributed by atoms with van der Waals surface area (Å²) in [5.41, 5.74) is -0.128. The number of nitrogens with one attached hydrogen (secondary N) is 1. The molecule has 1 amide bonds. The Labute approximate surface area is 98.6 Å². The van der Waals surface area contributed by atoms with Gasteiger partial charge in [0, 0.05) is 6.54 Å². The molecule has 1 aliphatic heterocycles. The summed E-state index contributed by atoms with van der Waals surface area (Å²) in [7, 11) is 0. The Kier molecular flexibility index (Phi) is 3.24. The Morgan fingerprint density at radius 1 is 1.44 bits per heavy atom. The molecule has 0 aromatic rings. The summed E-state index contributed by atoms with van der Waals surface area (Å²) in [6.07, 6.45) is 5.98. The van der Waals surface area contributed by atoms with Crippen LogP contribution in [-0.2, 0) is 4.79 Å². The van der Waals surface area contributed by atoms with Crippen molar-refractivity contribution < 1.29 is 4.79 Å². The second kappa shape index (κ2) is 4.36. The van der Waals surface area contributed by atoms with Gasteiger partial charge in [-0.15, -0.1) is 0 Å². The molecule has 1 atom stereocenters. The zero-order valence-electron chi connectivity index (χ0n) is 10.8. The topological polar surface area (TPSA) is 32.3 Å². The van der Waals surface area contributed by atoms with E-state index in [1.54, 1.807) is 0 Å². The molecule has 92 valence electrons. The van der Waals surface area contributed by atoms with E-state index in [9.17, 15) is 4.79 Å². The van der Waals surface area contributed by atoms with E-state index in [1.165, 1.54) is 12.8 Å². The van der Waals surface area contributed by atoms with Crippen LogP contribution in [-0.4, -0.2) is 29.1 Å². The lowest BCUT2D eigenvalue weighted by atomic mass is 10.1. The van der Waals surface area contributed by atoms with Gasteiger partial charge in [-0.25, -0.2) is 0 Å². The van der Waals surface area contributed by atoms with Gasteiger partial charge in [0.25, 0.3) is 0 Å². The molecule has 3 heteroatoms. The second-order valence-corrected chi connectivity index (χ2v) is 5.79. The fourth-order valence-corrected chi connectivity index (χ4v) is 2.60. The lowest BCUT2D eigenvalue weighted by Crippen LogP contribution is -2.35. The molecule has 1 saturated carbocycles. The first-order valence-corrected chi connectivity index (χ1v) is 6.64. The monoisotopic (exact) mass is 224 g/mol. The van der Waals surface area contributed by atoms with Crippen LogP contribution in [0, 0.1) is 5.92 Å². The van der Waals surface area contributed by atoms with Crippen LogP contribution in [0.1, 0.15) is 52.9 Å². The van der Waals surface area contributed by atoms with E-state index in [1.807, 2.05) is 4.90 Å². The van der Waals surface area contributed by atoms with E-state index in [-0.39, 0.29) is 11.7 Å². The number of carbonyl (C=O) groups excluding carboxylic acids is 1. The van der Waals surface area contributed by atoms with Crippen LogP contribution in [0.3, 0.4) is 0 Å². The summed E-state index contributed by atoms with van der Waals surface area (Å²) in [6, 6.07) is 0. The van der Waals surface area contributed by atoms with Crippen molar-refractivity contribution in [2.24, 2.45) is 5.92 Å². The predicted molar refractivity (Wildman–Crippen MR) is 65.0 cm³/mol. The van der Waals surface area contributed by atoms with Crippen molar-refractivity contribution >= 4 is 5.91 Å². The van der Waals surface area contributed by atoms with Crippen molar-refractivity contribution in [3.05, 3.63) is 0 Å². The van der Waals surface area contributed by atoms with Crippen LogP contribution in [0.25, 0.3) is 0 Å². The molecule has 3 nitrogen and oxygen atoms in total. The molecule has 1 spiro atoms. The highest BCUT2D eigenvalue weighted by Crippen LogP contribution is 2.41. The Hall–Kier alpha value is -0.570. The molecule has 0 aromatic carbocycles. The minimum atomic E-state index is -0.128. The molecular formula is C13H24N2O. The average Bonchev–Trinajstić information content (AvgIpc) is 2.92. The quantitative estimate of drug-likeness (QED) is 0.726. The van der Waals surface area contributed by atoms with Gasteiger partial charge < -0.3 is 4.90 Å². The number of amides is 1. The fourth-order valence-electron chi connectivity index (χ4n) is 2.60. The van der Waals surface area contributed by atoms with Crippen LogP contribution in [0.4, 0.5) is 0 Å². The average molecular weight is 224 g/mol. The molecule has 0 radical (unpaired) electrons. The first-order valence-electron chi connectivity index (χ1n) is 6.64. The smallest absolute Gasteiger partial charge is 0.244 e. The molecule has 1 unspecified atom stereocenters. The Balaban J connectivity index is 1.75. The van der Waals surface area contributed by atoms with Gasteiger partial charge in [-0.2, -0.15) is 0 Å². The minimum absolute atomic E-state index is 0.128. The number of hydrogen-bond donors (Lipinski definition) is 1. The van der Waals surface area contributed by atoms with Gasteiger partial charge in [0.1, 0.15) is 0 Å². The van der Waals surface area contributed by atoms with Gasteiger partial charge in [0.2, 0.25) is 5.91 Å². The van der Waals surface area contributed by atoms with E-state index >= 15 is 0 Å². The number of nitrogens with zero attached hydrogens (tertiary/aromatic N) is 1. The van der Waals surface area contributed by atoms with Crippen LogP contribution >= 0.6 is 0 Å². The SMILES string of the molecule is CC(C)CCCCN1C(=O)C2(CC2)NC1C. The van der Waals surface area contributed by atoms with Gasteiger partial charge in [-0.1, -0.05) is 26.7 Å². The van der Waals surface area contributed by atoms with E-state index in [0.29, 0.717) is 5.91 Å². The molecule has 16 heavy (non-hydrogen) atoms. The summed E-state index contributed by atoms with van der Waals surface area (Å²) in [5.74, 6) is 1.13. The lowest BCUT2D eigenvalue weighted by molar-refractivity contribution is -0.130. The summed E-state index contributed by atoms with van der Waals surface area (Å²) in [4.78, 5) is 14.1. The second-order valence-electron chi connectivity index (χ2n) is 5.79. The lowest BCUT2D eigenvalue weighted by Gasteiger charge is -2.20. The van der Waals surface area contributed by atoms with Crippen LogP contribution in [0.15, 0.2) is 0 Å². The maximum atomic E-state index is 12.1. The molecule has 1 heterocycles. The summed E-state index contributed by atoms with van der Waals surface area (Å²) in [5, 5.41) is 3.43. The molecule has 0 bridgehead atoms. The van der Waals surface area contributed by atoms with Crippen molar-refractivity contribution in [3.63, 3.8) is 0 Å². The van der Waals surface area contributed by atoms with Crippen LogP contribution < -0.4 is 5.32 Å². The van der Waals surface area contributed by atoms with Crippen molar-refractivity contribution in [2.75, 3.05) is 6.54 Å². The predicted octanol–water partition coefficient (Wildman–Crippen LogP) is 2.12. The largest absolute Gasteiger partial charge is 0.326 e. The molecule has 1 saturated heterocycles. The zero-order valence-corrected chi connectivity index (χ0v) is 10.8. The summed E-state index contributed by atoms with van der Waals surface area (Å²) >= 11 is 0. The highest BCUT2D eigenvalue weighted by Gasteiger charge is 2.57. The van der Waals surface area contributed by atoms with Gasteiger partial charge in [-0.05, 0) is 32.1 Å². The number of unbranched alkanes of at least 4 members (excludes halogenated alkanes) is 1. The van der Waals surface area contributed by atoms with Gasteiger partial charge in [0.15, 0.2) is 0 Å². The molecule has 2 aliphatic rings. The number of carbonyl (C=O) groups is 1. The maximum Gasteiger partial charge on any atom is 0.244 e. The summed E-state index contributed by atoms with van der Waals surface area (Å²) in [6.45, 7) is 7.55. The molecule has 2 rings (SSSR count). The van der Waals surface area contributed by atoms with Crippen LogP contribution in [0.2, 0.25) is 0 Å². The third kappa shape index (κ3) is 2.24. The van der Waals surface area contributed by atoms with Gasteiger partial charge in [0.05, 0.1) is 11.7 Å². The molecule has 1 N–H and O–H groups in total. The highest BCUT2D eigenvalue weighted by molar-refractivity contribution is 5.91. The first-order chi connectivity index (χ1) is 7.55. The minimum Gasteiger partial charge on any atom is -0.326 e. The zero-order chi connectivity index (χ0) is 11.8. The molecule has 2 fully saturated rings. The van der Waals surface area contributed by atoms with Crippen LogP contribution in [0.5, 0.6) is 0 Å². The van der Waals surface area contributed by atoms with E-state index < -0.39 is 0 Å². The maximum absolute atomic E-state index is 12.1. The number of rotatable bonds is 5. The fraction of sp³-hybridized carbons (Fsp3) is 0.923. The molecule has 0 aromatic heterocycles. The van der Waals surface area contributed by atoms with Crippen molar-refractivity contribution in [1.29, 1.82) is 0 Å². The van der Waals surface area contributed by atoms with E-state index in [2.05, 4.69) is 26.1 Å². The molecular weight excluding hydrogens is 200 g/mol. The van der Waals surface area contributed by atoms with Crippen molar-refractivity contribution in [3.8, 4) is 0 Å². The normalized spacial score (nSPS) is 27.1. The van der Waals surface area contributed by atoms with Crippen molar-refractivity contribution in [1.82, 2.24) is 10.2 Å². The summed E-state index contributed by atoms with van der Waals surface area (Å²) < 4.78 is 0. The standard InChI is InChI=1S/C13H24N2O/c1-10(2)6-4-5-9-15-11(3)14-13(7-8-13)12(15)16/h10-11,14H,4-9H2,1-3H3. The third-order valence-corrected chi connectivity index (χ3v) is 3.80. The highest BCUT2D eigenvalue weighted by atomic mass is 16.2. The molecule has 1 aliphatic carbocycles. The number of hydrogen-bond acceptors (Lipinski definition) is 2. The van der Waals surface area contributed by atoms with Crippen molar-refractivity contribution in [2.45, 2.75) is 64.6 Å². The third-order valence-electron chi connectivity index (χ3n) is 3.80. The van der Waals surface area contributed by atoms with E-state index in [4.69, 9.17) is 0 Å². The Morgan fingerprint density at radius 2 is 2.12 bits per heavy atom. The van der Waals surface area contributed by atoms with Gasteiger partial charge in [-0.3, -0.25) is 10.1 Å². The Bertz CT molecular complexity index is 271. The van der Waals surface area contributed by atoms with Gasteiger partial charge >= 0.3 is 0 Å². The Morgan fingerprint density at radius 3 is 2.62 bits per heavy atom. The first kappa shape index (κ1) is 11.9.